The van der Waals surface area contributed by atoms with Gasteiger partial charge in [-0.25, -0.2) is 4.39 Å². The van der Waals surface area contributed by atoms with Gasteiger partial charge >= 0.3 is 0 Å². The highest BCUT2D eigenvalue weighted by molar-refractivity contribution is 5.94. The van der Waals surface area contributed by atoms with E-state index in [1.54, 1.807) is 19.1 Å². The molecule has 28 heavy (non-hydrogen) atoms. The van der Waals surface area contributed by atoms with E-state index in [2.05, 4.69) is 5.32 Å². The smallest absolute Gasteiger partial charge is 0.260 e. The van der Waals surface area contributed by atoms with E-state index in [9.17, 15) is 18.8 Å². The number of nitrogens with one attached hydrogen (secondary N) is 1. The van der Waals surface area contributed by atoms with Gasteiger partial charge in [-0.15, -0.1) is 0 Å². The summed E-state index contributed by atoms with van der Waals surface area (Å²) in [7, 11) is 1.47. The van der Waals surface area contributed by atoms with E-state index in [1.165, 1.54) is 42.3 Å². The lowest BCUT2D eigenvalue weighted by Crippen LogP contribution is -2.37. The SMILES string of the molecule is CCOc1cc(C=O)ccc1OCC(=O)N(C)CC(=O)Nc1ccc(F)cc1. The summed E-state index contributed by atoms with van der Waals surface area (Å²) < 4.78 is 23.8. The summed E-state index contributed by atoms with van der Waals surface area (Å²) in [6.07, 6.45) is 0.685. The highest BCUT2D eigenvalue weighted by Gasteiger charge is 2.15. The van der Waals surface area contributed by atoms with Gasteiger partial charge in [-0.3, -0.25) is 14.4 Å². The molecule has 0 atom stereocenters. The standard InChI is InChI=1S/C20H21FN2O5/c1-3-27-18-10-14(12-24)4-9-17(18)28-13-20(26)23(2)11-19(25)22-16-7-5-15(21)6-8-16/h4-10,12H,3,11,13H2,1-2H3,(H,22,25). The Hall–Kier alpha value is -3.42. The predicted molar refractivity (Wildman–Crippen MR) is 101 cm³/mol. The molecule has 0 aliphatic heterocycles. The van der Waals surface area contributed by atoms with Gasteiger partial charge in [0.15, 0.2) is 18.1 Å². The summed E-state index contributed by atoms with van der Waals surface area (Å²) >= 11 is 0. The number of likely N-dealkylation sites (N-methyl/N-ethyl adjacent to an activating group) is 1. The number of ether oxygens (including phenoxy) is 2. The van der Waals surface area contributed by atoms with E-state index in [0.29, 0.717) is 35.6 Å². The van der Waals surface area contributed by atoms with Gasteiger partial charge in [0, 0.05) is 18.3 Å². The molecule has 0 saturated heterocycles. The van der Waals surface area contributed by atoms with Crippen LogP contribution in [-0.2, 0) is 9.59 Å². The molecule has 2 rings (SSSR count). The predicted octanol–water partition coefficient (Wildman–Crippen LogP) is 2.51. The fourth-order valence-corrected chi connectivity index (χ4v) is 2.27. The van der Waals surface area contributed by atoms with Crippen LogP contribution in [0.4, 0.5) is 10.1 Å². The first-order valence-corrected chi connectivity index (χ1v) is 8.57. The molecule has 148 valence electrons. The van der Waals surface area contributed by atoms with Gasteiger partial charge in [0.1, 0.15) is 12.1 Å². The summed E-state index contributed by atoms with van der Waals surface area (Å²) in [4.78, 5) is 36.3. The van der Waals surface area contributed by atoms with Gasteiger partial charge < -0.3 is 19.7 Å². The van der Waals surface area contributed by atoms with Crippen molar-refractivity contribution in [2.45, 2.75) is 6.92 Å². The van der Waals surface area contributed by atoms with Gasteiger partial charge in [-0.05, 0) is 49.4 Å². The molecule has 1 N–H and O–H groups in total. The average Bonchev–Trinajstić information content (AvgIpc) is 2.68. The summed E-state index contributed by atoms with van der Waals surface area (Å²) in [5, 5.41) is 2.57. The minimum Gasteiger partial charge on any atom is -0.490 e. The molecule has 2 aromatic carbocycles. The van der Waals surface area contributed by atoms with Crippen molar-refractivity contribution in [2.75, 3.05) is 32.1 Å². The Balaban J connectivity index is 1.89. The number of nitrogens with zero attached hydrogens (tertiary/aromatic N) is 1. The van der Waals surface area contributed by atoms with Gasteiger partial charge in [-0.2, -0.15) is 0 Å². The number of carbonyl (C=O) groups is 3. The molecule has 8 heteroatoms. The molecule has 2 amide bonds. The Kier molecular flexibility index (Phi) is 7.50. The molecule has 0 spiro atoms. The average molecular weight is 388 g/mol. The molecule has 7 nitrogen and oxygen atoms in total. The maximum atomic E-state index is 12.9. The second kappa shape index (κ2) is 10.1. The zero-order valence-electron chi connectivity index (χ0n) is 15.6. The monoisotopic (exact) mass is 388 g/mol. The third-order valence-electron chi connectivity index (χ3n) is 3.69. The Morgan fingerprint density at radius 3 is 2.46 bits per heavy atom. The highest BCUT2D eigenvalue weighted by Crippen LogP contribution is 2.28. The van der Waals surface area contributed by atoms with Crippen LogP contribution in [0.2, 0.25) is 0 Å². The first kappa shape index (κ1) is 20.9. The van der Waals surface area contributed by atoms with Crippen molar-refractivity contribution >= 4 is 23.8 Å². The van der Waals surface area contributed by atoms with Crippen molar-refractivity contribution in [1.82, 2.24) is 4.90 Å². The normalized spacial score (nSPS) is 10.1. The van der Waals surface area contributed by atoms with Crippen LogP contribution in [0.5, 0.6) is 11.5 Å². The molecule has 0 radical (unpaired) electrons. The van der Waals surface area contributed by atoms with Crippen molar-refractivity contribution in [3.05, 3.63) is 53.8 Å². The lowest BCUT2D eigenvalue weighted by Gasteiger charge is -2.18. The van der Waals surface area contributed by atoms with E-state index in [4.69, 9.17) is 9.47 Å². The second-order valence-electron chi connectivity index (χ2n) is 5.85. The number of anilines is 1. The van der Waals surface area contributed by atoms with E-state index in [1.807, 2.05) is 0 Å². The fraction of sp³-hybridized carbons (Fsp3) is 0.250. The highest BCUT2D eigenvalue weighted by atomic mass is 19.1. The minimum absolute atomic E-state index is 0.192. The molecule has 0 unspecified atom stereocenters. The van der Waals surface area contributed by atoms with Crippen LogP contribution in [0.15, 0.2) is 42.5 Å². The maximum absolute atomic E-state index is 12.9. The number of aldehydes is 1. The van der Waals surface area contributed by atoms with Crippen LogP contribution in [0, 0.1) is 5.82 Å². The minimum atomic E-state index is -0.423. The van der Waals surface area contributed by atoms with Crippen LogP contribution in [0.3, 0.4) is 0 Å². The molecular formula is C20H21FN2O5. The van der Waals surface area contributed by atoms with Crippen molar-refractivity contribution in [1.29, 1.82) is 0 Å². The maximum Gasteiger partial charge on any atom is 0.260 e. The third-order valence-corrected chi connectivity index (χ3v) is 3.69. The van der Waals surface area contributed by atoms with Crippen LogP contribution >= 0.6 is 0 Å². The number of amides is 2. The number of rotatable bonds is 9. The van der Waals surface area contributed by atoms with Crippen LogP contribution in [0.1, 0.15) is 17.3 Å². The number of hydrogen-bond acceptors (Lipinski definition) is 5. The quantitative estimate of drug-likeness (QED) is 0.667. The van der Waals surface area contributed by atoms with Gasteiger partial charge in [-0.1, -0.05) is 0 Å². The van der Waals surface area contributed by atoms with Crippen LogP contribution in [0.25, 0.3) is 0 Å². The topological polar surface area (TPSA) is 84.9 Å². The Bertz CT molecular complexity index is 839. The summed E-state index contributed by atoms with van der Waals surface area (Å²) in [5.41, 5.74) is 0.858. The van der Waals surface area contributed by atoms with E-state index in [0.717, 1.165) is 0 Å². The molecule has 2 aromatic rings. The van der Waals surface area contributed by atoms with Gasteiger partial charge in [0.05, 0.1) is 13.2 Å². The zero-order chi connectivity index (χ0) is 20.5. The third kappa shape index (κ3) is 6.08. The van der Waals surface area contributed by atoms with Crippen LogP contribution in [-0.4, -0.2) is 49.8 Å². The van der Waals surface area contributed by atoms with Crippen LogP contribution < -0.4 is 14.8 Å². The van der Waals surface area contributed by atoms with E-state index < -0.39 is 17.6 Å². The molecular weight excluding hydrogens is 367 g/mol. The molecule has 0 saturated carbocycles. The first-order valence-electron chi connectivity index (χ1n) is 8.57. The molecule has 0 fully saturated rings. The van der Waals surface area contributed by atoms with Crippen molar-refractivity contribution in [3.63, 3.8) is 0 Å². The fourth-order valence-electron chi connectivity index (χ4n) is 2.27. The largest absolute Gasteiger partial charge is 0.490 e. The summed E-state index contributed by atoms with van der Waals surface area (Å²) in [6, 6.07) is 9.93. The molecule has 0 aliphatic carbocycles. The van der Waals surface area contributed by atoms with E-state index >= 15 is 0 Å². The number of hydrogen-bond donors (Lipinski definition) is 1. The number of benzene rings is 2. The van der Waals surface area contributed by atoms with Gasteiger partial charge in [0.2, 0.25) is 5.91 Å². The van der Waals surface area contributed by atoms with E-state index in [-0.39, 0.29) is 13.2 Å². The molecule has 0 aromatic heterocycles. The van der Waals surface area contributed by atoms with Crippen molar-refractivity contribution in [3.8, 4) is 11.5 Å². The molecule has 0 heterocycles. The summed E-state index contributed by atoms with van der Waals surface area (Å²) in [6.45, 7) is 1.66. The lowest BCUT2D eigenvalue weighted by molar-refractivity contribution is -0.135. The Labute approximate surface area is 162 Å². The number of carbonyl (C=O) groups excluding carboxylic acids is 3. The summed E-state index contributed by atoms with van der Waals surface area (Å²) in [5.74, 6) is -0.569. The molecule has 0 aliphatic rings. The van der Waals surface area contributed by atoms with Crippen molar-refractivity contribution < 1.29 is 28.2 Å². The Morgan fingerprint density at radius 2 is 1.82 bits per heavy atom. The lowest BCUT2D eigenvalue weighted by atomic mass is 10.2. The molecule has 0 bridgehead atoms. The Morgan fingerprint density at radius 1 is 1.11 bits per heavy atom. The first-order chi connectivity index (χ1) is 13.4. The second-order valence-corrected chi connectivity index (χ2v) is 5.85. The zero-order valence-corrected chi connectivity index (χ0v) is 15.6. The van der Waals surface area contributed by atoms with Gasteiger partial charge in [0.25, 0.3) is 5.91 Å². The number of halogens is 1. The van der Waals surface area contributed by atoms with Crippen molar-refractivity contribution in [2.24, 2.45) is 0 Å².